The summed E-state index contributed by atoms with van der Waals surface area (Å²) >= 11 is -1.35. The first-order valence-corrected chi connectivity index (χ1v) is 7.77. The fourth-order valence-electron chi connectivity index (χ4n) is 0. The molecular weight excluding hydrogens is 182 g/mol. The van der Waals surface area contributed by atoms with E-state index in [9.17, 15) is 0 Å². The summed E-state index contributed by atoms with van der Waals surface area (Å²) in [5, 5.41) is 0. The van der Waals surface area contributed by atoms with Crippen molar-refractivity contribution in [2.24, 2.45) is 0 Å². The first-order valence-electron chi connectivity index (χ1n) is 1.75. The predicted molar refractivity (Wildman–Crippen MR) is 32.6 cm³/mol. The first kappa shape index (κ1) is 7.14. The van der Waals surface area contributed by atoms with Crippen LogP contribution >= 0.6 is 19.9 Å². The van der Waals surface area contributed by atoms with Gasteiger partial charge in [0.2, 0.25) is 0 Å². The SMILES string of the molecule is CC(C)[As](Cl)Cl. The Bertz CT molecular complexity index is 29.8. The van der Waals surface area contributed by atoms with Gasteiger partial charge in [0.1, 0.15) is 0 Å². The minimum absolute atomic E-state index is 0.529. The minimum atomic E-state index is -1.35. The zero-order valence-corrected chi connectivity index (χ0v) is 7.17. The van der Waals surface area contributed by atoms with Crippen molar-refractivity contribution >= 4 is 32.7 Å². The standard InChI is InChI=1S/C3H7AsCl2/c1-3(2)4(5)6/h3H,1-2H3. The Hall–Kier alpha value is 1.14. The Morgan fingerprint density at radius 3 is 1.50 bits per heavy atom. The summed E-state index contributed by atoms with van der Waals surface area (Å²) in [6.07, 6.45) is 0. The Morgan fingerprint density at radius 2 is 1.50 bits per heavy atom. The molecule has 0 unspecified atom stereocenters. The van der Waals surface area contributed by atoms with Crippen molar-refractivity contribution in [3.8, 4) is 0 Å². The summed E-state index contributed by atoms with van der Waals surface area (Å²) in [5.74, 6) is 0. The van der Waals surface area contributed by atoms with E-state index in [-0.39, 0.29) is 0 Å². The van der Waals surface area contributed by atoms with Gasteiger partial charge in [-0.1, -0.05) is 0 Å². The third-order valence-electron chi connectivity index (χ3n) is 0.390. The van der Waals surface area contributed by atoms with E-state index in [4.69, 9.17) is 19.9 Å². The topological polar surface area (TPSA) is 0 Å². The van der Waals surface area contributed by atoms with Crippen molar-refractivity contribution in [3.05, 3.63) is 0 Å². The molecule has 38 valence electrons. The average Bonchev–Trinajstić information content (AvgIpc) is 1.36. The Morgan fingerprint density at radius 1 is 1.33 bits per heavy atom. The third-order valence-corrected chi connectivity index (χ3v) is 6.09. The van der Waals surface area contributed by atoms with Gasteiger partial charge < -0.3 is 0 Å². The van der Waals surface area contributed by atoms with Crippen molar-refractivity contribution in [1.82, 2.24) is 0 Å². The van der Waals surface area contributed by atoms with Gasteiger partial charge in [0.25, 0.3) is 0 Å². The van der Waals surface area contributed by atoms with Gasteiger partial charge >= 0.3 is 51.2 Å². The molecule has 6 heavy (non-hydrogen) atoms. The third kappa shape index (κ3) is 3.33. The summed E-state index contributed by atoms with van der Waals surface area (Å²) in [4.78, 5) is 0. The molecule has 0 bridgehead atoms. The number of rotatable bonds is 1. The van der Waals surface area contributed by atoms with Gasteiger partial charge in [0, 0.05) is 0 Å². The van der Waals surface area contributed by atoms with Crippen molar-refractivity contribution in [2.75, 3.05) is 0 Å². The molecule has 0 rings (SSSR count). The van der Waals surface area contributed by atoms with Crippen molar-refractivity contribution in [3.63, 3.8) is 0 Å². The first-order chi connectivity index (χ1) is 2.64. The van der Waals surface area contributed by atoms with Gasteiger partial charge in [-0.2, -0.15) is 0 Å². The second-order valence-corrected chi connectivity index (χ2v) is 9.29. The molecule has 0 aliphatic rings. The average molecular weight is 189 g/mol. The van der Waals surface area contributed by atoms with Crippen LogP contribution in [0.1, 0.15) is 13.8 Å². The number of hydrogen-bond donors (Lipinski definition) is 0. The van der Waals surface area contributed by atoms with E-state index >= 15 is 0 Å². The number of halogens is 2. The summed E-state index contributed by atoms with van der Waals surface area (Å²) in [7, 11) is 11.0. The van der Waals surface area contributed by atoms with Crippen LogP contribution in [0.4, 0.5) is 0 Å². The Labute approximate surface area is 51.4 Å². The van der Waals surface area contributed by atoms with E-state index in [0.717, 1.165) is 0 Å². The summed E-state index contributed by atoms with van der Waals surface area (Å²) in [6.45, 7) is 4.08. The van der Waals surface area contributed by atoms with Crippen LogP contribution in [0.2, 0.25) is 4.71 Å². The molecule has 0 saturated heterocycles. The molecule has 0 N–H and O–H groups in total. The van der Waals surface area contributed by atoms with Crippen LogP contribution in [0.3, 0.4) is 0 Å². The zero-order chi connectivity index (χ0) is 5.15. The second kappa shape index (κ2) is 3.18. The van der Waals surface area contributed by atoms with Crippen LogP contribution in [0, 0.1) is 0 Å². The molecule has 0 nitrogen and oxygen atoms in total. The van der Waals surface area contributed by atoms with E-state index in [0.29, 0.717) is 4.71 Å². The molecular formula is C3H7AsCl2. The molecule has 0 fully saturated rings. The predicted octanol–water partition coefficient (Wildman–Crippen LogP) is 2.36. The fraction of sp³-hybridized carbons (Fsp3) is 1.00. The van der Waals surface area contributed by atoms with Crippen LogP contribution in [0.5, 0.6) is 0 Å². The molecule has 0 radical (unpaired) electrons. The van der Waals surface area contributed by atoms with Crippen LogP contribution < -0.4 is 0 Å². The van der Waals surface area contributed by atoms with Gasteiger partial charge in [-0.3, -0.25) is 0 Å². The van der Waals surface area contributed by atoms with Gasteiger partial charge in [0.15, 0.2) is 0 Å². The molecule has 3 heteroatoms. The Kier molecular flexibility index (Phi) is 3.78. The molecule has 0 spiro atoms. The summed E-state index contributed by atoms with van der Waals surface area (Å²) < 4.78 is 0.529. The van der Waals surface area contributed by atoms with E-state index < -0.39 is 12.8 Å². The fourth-order valence-corrected chi connectivity index (χ4v) is 0. The van der Waals surface area contributed by atoms with Crippen molar-refractivity contribution in [1.29, 1.82) is 0 Å². The summed E-state index contributed by atoms with van der Waals surface area (Å²) in [6, 6.07) is 0. The quantitative estimate of drug-likeness (QED) is 0.555. The van der Waals surface area contributed by atoms with E-state index in [2.05, 4.69) is 0 Å². The molecule has 0 aliphatic carbocycles. The monoisotopic (exact) mass is 188 g/mol. The number of hydrogen-bond acceptors (Lipinski definition) is 0. The molecule has 0 saturated carbocycles. The second-order valence-electron chi connectivity index (χ2n) is 1.35. The van der Waals surface area contributed by atoms with Crippen molar-refractivity contribution in [2.45, 2.75) is 18.6 Å². The molecule has 0 aromatic rings. The zero-order valence-electron chi connectivity index (χ0n) is 3.78. The van der Waals surface area contributed by atoms with Gasteiger partial charge in [0.05, 0.1) is 0 Å². The molecule has 0 aliphatic heterocycles. The maximum atomic E-state index is 5.52. The molecule has 0 atom stereocenters. The Balaban J connectivity index is 2.99. The molecule has 0 aromatic heterocycles. The van der Waals surface area contributed by atoms with Crippen LogP contribution in [-0.2, 0) is 0 Å². The maximum absolute atomic E-state index is 5.52. The normalized spacial score (nSPS) is 11.0. The van der Waals surface area contributed by atoms with Crippen LogP contribution in [0.15, 0.2) is 0 Å². The van der Waals surface area contributed by atoms with Crippen LogP contribution in [-0.4, -0.2) is 12.8 Å². The summed E-state index contributed by atoms with van der Waals surface area (Å²) in [5.41, 5.74) is 0. The van der Waals surface area contributed by atoms with E-state index in [1.807, 2.05) is 13.8 Å². The molecule has 0 aromatic carbocycles. The van der Waals surface area contributed by atoms with Gasteiger partial charge in [-0.15, -0.1) is 0 Å². The van der Waals surface area contributed by atoms with E-state index in [1.54, 1.807) is 0 Å². The molecule has 0 heterocycles. The van der Waals surface area contributed by atoms with Crippen LogP contribution in [0.25, 0.3) is 0 Å². The molecule has 0 amide bonds. The van der Waals surface area contributed by atoms with E-state index in [1.165, 1.54) is 0 Å². The van der Waals surface area contributed by atoms with Gasteiger partial charge in [-0.05, 0) is 0 Å². The van der Waals surface area contributed by atoms with Crippen molar-refractivity contribution < 1.29 is 0 Å². The van der Waals surface area contributed by atoms with Gasteiger partial charge in [-0.25, -0.2) is 0 Å².